The summed E-state index contributed by atoms with van der Waals surface area (Å²) in [5, 5.41) is 7.06. The van der Waals surface area contributed by atoms with Gasteiger partial charge < -0.3 is 15.0 Å². The second-order valence-corrected chi connectivity index (χ2v) is 11.7. The van der Waals surface area contributed by atoms with Gasteiger partial charge in [-0.3, -0.25) is 4.79 Å². The highest BCUT2D eigenvalue weighted by Gasteiger charge is 2.44. The Morgan fingerprint density at radius 2 is 1.78 bits per heavy atom. The van der Waals surface area contributed by atoms with Crippen molar-refractivity contribution in [2.45, 2.75) is 64.6 Å². The Balaban J connectivity index is 1.09. The van der Waals surface area contributed by atoms with Gasteiger partial charge in [0, 0.05) is 48.9 Å². The van der Waals surface area contributed by atoms with Gasteiger partial charge >= 0.3 is 6.01 Å². The molecule has 2 bridgehead atoms. The van der Waals surface area contributed by atoms with Crippen LogP contribution in [0.25, 0.3) is 10.6 Å². The molecule has 6 rings (SSSR count). The van der Waals surface area contributed by atoms with Crippen LogP contribution in [0.4, 0.5) is 10.9 Å². The lowest BCUT2D eigenvalue weighted by Gasteiger charge is -2.38. The van der Waals surface area contributed by atoms with E-state index < -0.39 is 0 Å². The van der Waals surface area contributed by atoms with E-state index in [0.29, 0.717) is 17.4 Å². The molecule has 4 aromatic heterocycles. The fourth-order valence-corrected chi connectivity index (χ4v) is 6.87. The number of hydrogen-bond donors (Lipinski definition) is 1. The molecule has 2 saturated heterocycles. The summed E-state index contributed by atoms with van der Waals surface area (Å²) in [5.41, 5.74) is 3.51. The van der Waals surface area contributed by atoms with E-state index in [2.05, 4.69) is 25.3 Å². The van der Waals surface area contributed by atoms with Crippen LogP contribution < -0.4 is 10.1 Å². The van der Waals surface area contributed by atoms with Gasteiger partial charge in [0.05, 0.1) is 26.8 Å². The Bertz CT molecular complexity index is 1400. The van der Waals surface area contributed by atoms with E-state index in [4.69, 9.17) is 9.72 Å². The molecule has 1 N–H and O–H groups in total. The van der Waals surface area contributed by atoms with Gasteiger partial charge in [-0.2, -0.15) is 0 Å². The maximum atomic E-state index is 13.4. The zero-order valence-corrected chi connectivity index (χ0v) is 22.5. The first-order chi connectivity index (χ1) is 17.9. The zero-order valence-electron chi connectivity index (χ0n) is 20.8. The summed E-state index contributed by atoms with van der Waals surface area (Å²) in [6, 6.07) is 4.40. The molecule has 9 nitrogen and oxygen atoms in total. The Kier molecular flexibility index (Phi) is 6.33. The molecule has 0 radical (unpaired) electrons. The monoisotopic (exact) mass is 533 g/mol. The first kappa shape index (κ1) is 23.9. The van der Waals surface area contributed by atoms with Crippen molar-refractivity contribution in [3.63, 3.8) is 0 Å². The van der Waals surface area contributed by atoms with Crippen LogP contribution in [0.15, 0.2) is 36.1 Å². The lowest BCUT2D eigenvalue weighted by Crippen LogP contribution is -2.49. The number of aryl methyl sites for hydroxylation is 3. The predicted octanol–water partition coefficient (Wildman–Crippen LogP) is 5.34. The number of hydrogen-bond acceptors (Lipinski definition) is 10. The second kappa shape index (κ2) is 9.79. The molecule has 0 aliphatic carbocycles. The number of carbonyl (C=O) groups is 1. The van der Waals surface area contributed by atoms with E-state index in [1.165, 1.54) is 11.3 Å². The van der Waals surface area contributed by atoms with Gasteiger partial charge in [0.15, 0.2) is 5.13 Å². The van der Waals surface area contributed by atoms with Crippen LogP contribution in [-0.4, -0.2) is 53.9 Å². The number of piperidine rings is 1. The molecule has 0 aromatic carbocycles. The molecule has 2 aliphatic rings. The molecule has 6 heterocycles. The van der Waals surface area contributed by atoms with Crippen molar-refractivity contribution in [2.24, 2.45) is 0 Å². The van der Waals surface area contributed by atoms with Gasteiger partial charge in [-0.05, 0) is 51.3 Å². The molecular formula is C26H27N7O2S2. The van der Waals surface area contributed by atoms with E-state index in [9.17, 15) is 4.79 Å². The number of aromatic nitrogens is 5. The van der Waals surface area contributed by atoms with Gasteiger partial charge in [-0.1, -0.05) is 0 Å². The van der Waals surface area contributed by atoms with Gasteiger partial charge in [0.25, 0.3) is 5.91 Å². The quantitative estimate of drug-likeness (QED) is 0.354. The lowest BCUT2D eigenvalue weighted by molar-refractivity contribution is 0.0335. The summed E-state index contributed by atoms with van der Waals surface area (Å²) in [5.74, 6) is 0.687. The summed E-state index contributed by atoms with van der Waals surface area (Å²) >= 11 is 3.17. The fraction of sp³-hybridized carbons (Fsp3) is 0.385. The summed E-state index contributed by atoms with van der Waals surface area (Å²) in [6.45, 7) is 5.95. The van der Waals surface area contributed by atoms with E-state index in [1.807, 2.05) is 43.2 Å². The van der Waals surface area contributed by atoms with Crippen molar-refractivity contribution >= 4 is 39.5 Å². The molecule has 2 fully saturated rings. The van der Waals surface area contributed by atoms with E-state index in [-0.39, 0.29) is 24.1 Å². The number of fused-ring (bicyclic) bond motifs is 2. The number of anilines is 2. The van der Waals surface area contributed by atoms with Crippen LogP contribution in [0, 0.1) is 20.8 Å². The Hall–Kier alpha value is -3.44. The molecule has 0 saturated carbocycles. The number of carbonyl (C=O) groups excluding carboxylic acids is 1. The van der Waals surface area contributed by atoms with Crippen molar-refractivity contribution in [3.8, 4) is 16.6 Å². The van der Waals surface area contributed by atoms with Crippen LogP contribution in [0.2, 0.25) is 0 Å². The minimum absolute atomic E-state index is 0.0230. The van der Waals surface area contributed by atoms with E-state index >= 15 is 0 Å². The third-order valence-electron chi connectivity index (χ3n) is 6.84. The van der Waals surface area contributed by atoms with E-state index in [1.54, 1.807) is 29.9 Å². The molecule has 1 amide bonds. The van der Waals surface area contributed by atoms with Crippen molar-refractivity contribution in [2.75, 3.05) is 5.32 Å². The highest BCUT2D eigenvalue weighted by molar-refractivity contribution is 7.16. The summed E-state index contributed by atoms with van der Waals surface area (Å²) in [6.07, 6.45) is 8.75. The molecule has 0 spiro atoms. The number of nitrogens with zero attached hydrogens (tertiary/aromatic N) is 6. The average molecular weight is 534 g/mol. The van der Waals surface area contributed by atoms with Gasteiger partial charge in [-0.25, -0.2) is 24.9 Å². The highest BCUT2D eigenvalue weighted by atomic mass is 32.1. The smallest absolute Gasteiger partial charge is 0.316 e. The maximum Gasteiger partial charge on any atom is 0.316 e. The third kappa shape index (κ3) is 4.93. The number of rotatable bonds is 6. The third-order valence-corrected chi connectivity index (χ3v) is 8.69. The normalized spacial score (nSPS) is 20.7. The number of pyridine rings is 1. The molecule has 3 atom stereocenters. The topological polar surface area (TPSA) is 106 Å². The fourth-order valence-electron chi connectivity index (χ4n) is 5.20. The van der Waals surface area contributed by atoms with Crippen LogP contribution in [0.1, 0.15) is 52.3 Å². The zero-order chi connectivity index (χ0) is 25.5. The summed E-state index contributed by atoms with van der Waals surface area (Å²) < 4.78 is 6.05. The molecule has 37 heavy (non-hydrogen) atoms. The second-order valence-electron chi connectivity index (χ2n) is 9.59. The van der Waals surface area contributed by atoms with Crippen LogP contribution >= 0.6 is 22.7 Å². The Labute approximate surface area is 223 Å². The average Bonchev–Trinajstić information content (AvgIpc) is 3.56. The Morgan fingerprint density at radius 3 is 2.43 bits per heavy atom. The number of amides is 1. The SMILES string of the molecule is Cc1cnc(OC2C[C@H]3CC[C@@H](C2)N3C(=O)c2ccc(Nc3nc(-c4sc(C)nc4C)cs3)nc2)nc1. The van der Waals surface area contributed by atoms with Crippen LogP contribution in [-0.2, 0) is 0 Å². The number of thiazole rings is 2. The Morgan fingerprint density at radius 1 is 1.03 bits per heavy atom. The highest BCUT2D eigenvalue weighted by Crippen LogP contribution is 2.38. The summed E-state index contributed by atoms with van der Waals surface area (Å²) in [4.78, 5) is 38.8. The molecule has 11 heteroatoms. The molecule has 190 valence electrons. The van der Waals surface area contributed by atoms with Crippen molar-refractivity contribution in [1.82, 2.24) is 29.8 Å². The van der Waals surface area contributed by atoms with E-state index in [0.717, 1.165) is 57.7 Å². The van der Waals surface area contributed by atoms with Crippen molar-refractivity contribution in [3.05, 3.63) is 57.9 Å². The van der Waals surface area contributed by atoms with Gasteiger partial charge in [-0.15, -0.1) is 22.7 Å². The van der Waals surface area contributed by atoms with Crippen LogP contribution in [0.3, 0.4) is 0 Å². The first-order valence-corrected chi connectivity index (χ1v) is 14.0. The van der Waals surface area contributed by atoms with Crippen molar-refractivity contribution < 1.29 is 9.53 Å². The molecular weight excluding hydrogens is 506 g/mol. The number of ether oxygens (including phenoxy) is 1. The van der Waals surface area contributed by atoms with Gasteiger partial charge in [0.1, 0.15) is 11.9 Å². The standard InChI is InChI=1S/C26H27N7O2S2/c1-14-10-28-25(29-11-14)35-20-8-18-5-6-19(9-20)33(18)24(34)17-4-7-22(27-12-17)32-26-31-21(13-36-26)23-15(2)30-16(3)37-23/h4,7,10-13,18-20H,5-6,8-9H2,1-3H3,(H,27,31,32)/t18-,19+,20?. The van der Waals surface area contributed by atoms with Gasteiger partial charge in [0.2, 0.25) is 0 Å². The molecule has 1 unspecified atom stereocenters. The van der Waals surface area contributed by atoms with Crippen molar-refractivity contribution in [1.29, 1.82) is 0 Å². The minimum atomic E-state index is 0.0230. The molecule has 4 aromatic rings. The van der Waals surface area contributed by atoms with Crippen LogP contribution in [0.5, 0.6) is 6.01 Å². The molecule has 2 aliphatic heterocycles. The predicted molar refractivity (Wildman–Crippen MR) is 144 cm³/mol. The first-order valence-electron chi connectivity index (χ1n) is 12.3. The largest absolute Gasteiger partial charge is 0.460 e. The number of nitrogens with one attached hydrogen (secondary N) is 1. The maximum absolute atomic E-state index is 13.4. The summed E-state index contributed by atoms with van der Waals surface area (Å²) in [7, 11) is 0. The lowest BCUT2D eigenvalue weighted by atomic mass is 9.98. The minimum Gasteiger partial charge on any atom is -0.460 e.